The second-order valence-electron chi connectivity index (χ2n) is 10.2. The quantitative estimate of drug-likeness (QED) is 0.761. The van der Waals surface area contributed by atoms with Crippen molar-refractivity contribution in [1.29, 1.82) is 0 Å². The molecule has 1 spiro atoms. The van der Waals surface area contributed by atoms with Crippen LogP contribution >= 0.6 is 0 Å². The van der Waals surface area contributed by atoms with Gasteiger partial charge in [-0.3, -0.25) is 14.5 Å². The molecule has 4 rings (SSSR count). The van der Waals surface area contributed by atoms with Crippen molar-refractivity contribution in [2.75, 3.05) is 13.6 Å². The van der Waals surface area contributed by atoms with Gasteiger partial charge in [-0.05, 0) is 53.0 Å². The van der Waals surface area contributed by atoms with E-state index in [2.05, 4.69) is 38.2 Å². The number of benzene rings is 2. The van der Waals surface area contributed by atoms with Crippen LogP contribution in [0.3, 0.4) is 0 Å². The predicted octanol–water partition coefficient (Wildman–Crippen LogP) is 3.94. The van der Waals surface area contributed by atoms with Crippen molar-refractivity contribution < 1.29 is 14.4 Å². The van der Waals surface area contributed by atoms with Crippen molar-refractivity contribution in [1.82, 2.24) is 15.1 Å². The number of hydrogen-bond acceptors (Lipinski definition) is 3. The second kappa shape index (κ2) is 7.66. The highest BCUT2D eigenvalue weighted by Gasteiger charge is 2.56. The Morgan fingerprint density at radius 2 is 1.84 bits per heavy atom. The van der Waals surface area contributed by atoms with E-state index in [0.717, 1.165) is 27.7 Å². The summed E-state index contributed by atoms with van der Waals surface area (Å²) in [7, 11) is 1.71. The molecular weight excluding hydrogens is 390 g/mol. The van der Waals surface area contributed by atoms with Crippen molar-refractivity contribution >= 4 is 28.6 Å². The fourth-order valence-electron chi connectivity index (χ4n) is 5.60. The molecule has 2 fully saturated rings. The molecular formula is C25H31N3O3. The summed E-state index contributed by atoms with van der Waals surface area (Å²) in [5.74, 6) is -0.180. The third-order valence-electron chi connectivity index (χ3n) is 6.58. The third-order valence-corrected chi connectivity index (χ3v) is 6.58. The molecule has 0 aromatic heterocycles. The molecule has 0 radical (unpaired) electrons. The average molecular weight is 422 g/mol. The number of urea groups is 1. The van der Waals surface area contributed by atoms with Crippen molar-refractivity contribution in [3.63, 3.8) is 0 Å². The van der Waals surface area contributed by atoms with Crippen LogP contribution in [0.5, 0.6) is 0 Å². The summed E-state index contributed by atoms with van der Waals surface area (Å²) in [5.41, 5.74) is 0.0919. The van der Waals surface area contributed by atoms with Crippen LogP contribution in [0.15, 0.2) is 42.5 Å². The number of amides is 4. The number of hydrogen-bond donors (Lipinski definition) is 1. The van der Waals surface area contributed by atoms with E-state index in [0.29, 0.717) is 25.3 Å². The van der Waals surface area contributed by atoms with E-state index >= 15 is 0 Å². The van der Waals surface area contributed by atoms with Gasteiger partial charge in [0.25, 0.3) is 5.91 Å². The Bertz CT molecular complexity index is 1050. The third kappa shape index (κ3) is 4.16. The number of imide groups is 1. The van der Waals surface area contributed by atoms with Crippen molar-refractivity contribution in [2.45, 2.75) is 52.1 Å². The summed E-state index contributed by atoms with van der Waals surface area (Å²) in [6.45, 7) is 6.57. The van der Waals surface area contributed by atoms with Gasteiger partial charge in [0.2, 0.25) is 5.91 Å². The maximum Gasteiger partial charge on any atom is 0.325 e. The van der Waals surface area contributed by atoms with Gasteiger partial charge in [0.15, 0.2) is 0 Å². The van der Waals surface area contributed by atoms with E-state index in [-0.39, 0.29) is 23.8 Å². The Labute approximate surface area is 183 Å². The average Bonchev–Trinajstić information content (AvgIpc) is 2.89. The molecule has 1 saturated carbocycles. The highest BCUT2D eigenvalue weighted by atomic mass is 16.2. The van der Waals surface area contributed by atoms with Crippen LogP contribution in [-0.4, -0.2) is 46.8 Å². The summed E-state index contributed by atoms with van der Waals surface area (Å²) >= 11 is 0. The predicted molar refractivity (Wildman–Crippen MR) is 120 cm³/mol. The summed E-state index contributed by atoms with van der Waals surface area (Å²) in [5, 5.41) is 5.20. The number of carbonyl (C=O) groups is 3. The van der Waals surface area contributed by atoms with Gasteiger partial charge in [-0.15, -0.1) is 0 Å². The topological polar surface area (TPSA) is 69.7 Å². The first-order chi connectivity index (χ1) is 14.6. The first-order valence-electron chi connectivity index (χ1n) is 10.9. The van der Waals surface area contributed by atoms with Gasteiger partial charge in [-0.1, -0.05) is 57.2 Å². The first-order valence-corrected chi connectivity index (χ1v) is 10.9. The Balaban J connectivity index is 1.45. The monoisotopic (exact) mass is 421 g/mol. The zero-order valence-corrected chi connectivity index (χ0v) is 18.8. The van der Waals surface area contributed by atoms with E-state index in [1.807, 2.05) is 30.3 Å². The van der Waals surface area contributed by atoms with Gasteiger partial charge in [0, 0.05) is 13.6 Å². The van der Waals surface area contributed by atoms with E-state index in [9.17, 15) is 14.4 Å². The van der Waals surface area contributed by atoms with Crippen LogP contribution in [0, 0.1) is 11.3 Å². The molecule has 6 nitrogen and oxygen atoms in total. The molecule has 2 atom stereocenters. The van der Waals surface area contributed by atoms with Gasteiger partial charge >= 0.3 is 6.03 Å². The lowest BCUT2D eigenvalue weighted by Gasteiger charge is -2.43. The Kier molecular flexibility index (Phi) is 5.28. The first kappa shape index (κ1) is 21.3. The summed E-state index contributed by atoms with van der Waals surface area (Å²) in [6, 6.07) is 13.7. The Morgan fingerprint density at radius 3 is 2.55 bits per heavy atom. The molecule has 0 bridgehead atoms. The van der Waals surface area contributed by atoms with Gasteiger partial charge in [-0.25, -0.2) is 4.79 Å². The summed E-state index contributed by atoms with van der Waals surface area (Å²) in [6.07, 6.45) is 2.25. The van der Waals surface area contributed by atoms with Gasteiger partial charge < -0.3 is 10.2 Å². The van der Waals surface area contributed by atoms with E-state index < -0.39 is 11.6 Å². The lowest BCUT2D eigenvalue weighted by atomic mass is 9.64. The van der Waals surface area contributed by atoms with Crippen LogP contribution in [0.25, 0.3) is 10.8 Å². The van der Waals surface area contributed by atoms with Crippen LogP contribution in [0.4, 0.5) is 4.79 Å². The van der Waals surface area contributed by atoms with Gasteiger partial charge in [-0.2, -0.15) is 0 Å². The molecule has 2 aromatic rings. The molecule has 1 heterocycles. The van der Waals surface area contributed by atoms with Crippen molar-refractivity contribution in [2.24, 2.45) is 11.3 Å². The largest absolute Gasteiger partial charge is 0.340 e. The minimum atomic E-state index is -0.880. The van der Waals surface area contributed by atoms with E-state index in [1.54, 1.807) is 11.9 Å². The van der Waals surface area contributed by atoms with Crippen molar-refractivity contribution in [3.05, 3.63) is 48.0 Å². The lowest BCUT2D eigenvalue weighted by molar-refractivity contribution is -0.140. The van der Waals surface area contributed by atoms with Crippen LogP contribution in [0.2, 0.25) is 0 Å². The number of rotatable bonds is 4. The van der Waals surface area contributed by atoms with E-state index in [1.165, 1.54) is 0 Å². The minimum Gasteiger partial charge on any atom is -0.340 e. The fraction of sp³-hybridized carbons (Fsp3) is 0.480. The van der Waals surface area contributed by atoms with Crippen LogP contribution < -0.4 is 5.32 Å². The molecule has 1 aliphatic heterocycles. The van der Waals surface area contributed by atoms with Gasteiger partial charge in [0.05, 0.1) is 0 Å². The molecule has 4 amide bonds. The van der Waals surface area contributed by atoms with Crippen LogP contribution in [-0.2, 0) is 16.1 Å². The normalized spacial score (nSPS) is 25.2. The smallest absolute Gasteiger partial charge is 0.325 e. The van der Waals surface area contributed by atoms with Crippen LogP contribution in [0.1, 0.15) is 45.6 Å². The summed E-state index contributed by atoms with van der Waals surface area (Å²) < 4.78 is 0. The molecule has 2 unspecified atom stereocenters. The highest BCUT2D eigenvalue weighted by Crippen LogP contribution is 2.46. The lowest BCUT2D eigenvalue weighted by Crippen LogP contribution is -2.54. The standard InChI is InChI=1S/C25H31N3O3/c1-17-12-24(2,3)16-25(13-17)22(30)28(23(31)26-25)15-21(29)27(4)14-18-9-10-19-7-5-6-8-20(19)11-18/h5-11,17H,12-16H2,1-4H3,(H,26,31). The maximum atomic E-state index is 13.3. The maximum absolute atomic E-state index is 13.3. The minimum absolute atomic E-state index is 0.0342. The molecule has 164 valence electrons. The zero-order valence-electron chi connectivity index (χ0n) is 18.8. The molecule has 1 N–H and O–H groups in total. The number of nitrogens with one attached hydrogen (secondary N) is 1. The fourth-order valence-corrected chi connectivity index (χ4v) is 5.60. The highest BCUT2D eigenvalue weighted by molar-refractivity contribution is 6.09. The van der Waals surface area contributed by atoms with Crippen molar-refractivity contribution in [3.8, 4) is 0 Å². The molecule has 31 heavy (non-hydrogen) atoms. The zero-order chi connectivity index (χ0) is 22.4. The van der Waals surface area contributed by atoms with E-state index in [4.69, 9.17) is 0 Å². The SMILES string of the molecule is CC1CC(C)(C)CC2(C1)NC(=O)N(CC(=O)N(C)Cc1ccc3ccccc3c1)C2=O. The molecule has 6 heteroatoms. The molecule has 2 aliphatic rings. The number of likely N-dealkylation sites (N-methyl/N-ethyl adjacent to an activating group) is 1. The Hall–Kier alpha value is -2.89. The molecule has 2 aromatic carbocycles. The molecule has 1 aliphatic carbocycles. The Morgan fingerprint density at radius 1 is 1.13 bits per heavy atom. The number of carbonyl (C=O) groups excluding carboxylic acids is 3. The second-order valence-corrected chi connectivity index (χ2v) is 10.2. The molecule has 1 saturated heterocycles. The van der Waals surface area contributed by atoms with Gasteiger partial charge in [0.1, 0.15) is 12.1 Å². The summed E-state index contributed by atoms with van der Waals surface area (Å²) in [4.78, 5) is 41.5. The number of fused-ring (bicyclic) bond motifs is 1. The number of nitrogens with zero attached hydrogens (tertiary/aromatic N) is 2.